The van der Waals surface area contributed by atoms with Gasteiger partial charge in [0.25, 0.3) is 0 Å². The highest BCUT2D eigenvalue weighted by Crippen LogP contribution is 2.66. The van der Waals surface area contributed by atoms with Crippen LogP contribution in [-0.2, 0) is 19.3 Å². The van der Waals surface area contributed by atoms with Crippen LogP contribution in [0.3, 0.4) is 0 Å². The number of Topliss-reactive ketones (excluding diaryl/α,β-unsaturated/α-hetero) is 1. The van der Waals surface area contributed by atoms with Gasteiger partial charge in [0.1, 0.15) is 5.78 Å². The van der Waals surface area contributed by atoms with Crippen molar-refractivity contribution < 1.29 is 22.5 Å². The summed E-state index contributed by atoms with van der Waals surface area (Å²) in [6.45, 7) is 6.12. The number of rotatable bonds is 3. The first-order valence-corrected chi connectivity index (χ1v) is 12.0. The molecule has 28 heavy (non-hydrogen) atoms. The van der Waals surface area contributed by atoms with Crippen molar-refractivity contribution in [2.24, 2.45) is 39.6 Å². The van der Waals surface area contributed by atoms with Crippen LogP contribution in [0.15, 0.2) is 11.6 Å². The predicted molar refractivity (Wildman–Crippen MR) is 105 cm³/mol. The molecule has 0 heterocycles. The molecule has 4 aliphatic rings. The molecular formula is C21H33NO5S. The fraction of sp³-hybridized carbons (Fsp3) is 0.857. The fourth-order valence-corrected chi connectivity index (χ4v) is 8.25. The van der Waals surface area contributed by atoms with Gasteiger partial charge in [0.15, 0.2) is 0 Å². The zero-order chi connectivity index (χ0) is 20.5. The van der Waals surface area contributed by atoms with E-state index in [1.54, 1.807) is 6.92 Å². The van der Waals surface area contributed by atoms with Gasteiger partial charge in [-0.2, -0.15) is 8.42 Å². The molecule has 0 amide bonds. The molecule has 0 radical (unpaired) electrons. The SMILES string of the molecule is CC(=O)[C@H]1CCC2C3CC=C4C[C@H](O)CC(OS(N)(=O)=O)[C@]4(C)C3CC[C@@]21C. The van der Waals surface area contributed by atoms with E-state index < -0.39 is 27.9 Å². The van der Waals surface area contributed by atoms with Gasteiger partial charge >= 0.3 is 10.3 Å². The Morgan fingerprint density at radius 1 is 1.25 bits per heavy atom. The van der Waals surface area contributed by atoms with Crippen molar-refractivity contribution in [3.8, 4) is 0 Å². The van der Waals surface area contributed by atoms with E-state index in [0.29, 0.717) is 24.0 Å². The maximum Gasteiger partial charge on any atom is 0.333 e. The second-order valence-electron chi connectivity index (χ2n) is 10.1. The largest absolute Gasteiger partial charge is 0.393 e. The highest BCUT2D eigenvalue weighted by Gasteiger charge is 2.61. The van der Waals surface area contributed by atoms with Crippen LogP contribution in [0.2, 0.25) is 0 Å². The Labute approximate surface area is 168 Å². The highest BCUT2D eigenvalue weighted by molar-refractivity contribution is 7.84. The number of hydrogen-bond donors (Lipinski definition) is 2. The minimum Gasteiger partial charge on any atom is -0.393 e. The summed E-state index contributed by atoms with van der Waals surface area (Å²) in [5, 5.41) is 15.5. The Hall–Kier alpha value is -0.760. The molecule has 3 saturated carbocycles. The summed E-state index contributed by atoms with van der Waals surface area (Å²) in [7, 11) is -4.11. The van der Waals surface area contributed by atoms with Crippen molar-refractivity contribution in [3.63, 3.8) is 0 Å². The molecule has 6 nitrogen and oxygen atoms in total. The lowest BCUT2D eigenvalue weighted by Crippen LogP contribution is -2.57. The molecule has 0 aromatic carbocycles. The van der Waals surface area contributed by atoms with Crippen molar-refractivity contribution in [2.75, 3.05) is 0 Å². The molecule has 8 atom stereocenters. The van der Waals surface area contributed by atoms with Crippen LogP contribution in [0, 0.1) is 34.5 Å². The number of carbonyl (C=O) groups excluding carboxylic acids is 1. The summed E-state index contributed by atoms with van der Waals surface area (Å²) in [5.41, 5.74) is 0.717. The number of ketones is 1. The minimum atomic E-state index is -4.11. The average Bonchev–Trinajstić information content (AvgIpc) is 2.92. The number of nitrogens with two attached hydrogens (primary N) is 1. The topological polar surface area (TPSA) is 107 Å². The molecule has 4 unspecified atom stereocenters. The van der Waals surface area contributed by atoms with E-state index >= 15 is 0 Å². The standard InChI is InChI=1S/C21H33NO5S/c1-12(23)16-6-7-17-15-5-4-13-10-14(24)11-19(27-28(22,25)26)21(13,3)18(15)8-9-20(16,17)2/h4,14-19,24H,5-11H2,1-3H3,(H2,22,25,26)/t14-,15?,16+,17?,18?,19?,20+,21-/m0/s1. The summed E-state index contributed by atoms with van der Waals surface area (Å²) in [5.74, 6) is 1.62. The van der Waals surface area contributed by atoms with Crippen LogP contribution in [0.25, 0.3) is 0 Å². The van der Waals surface area contributed by atoms with Crippen LogP contribution in [0.1, 0.15) is 65.7 Å². The maximum atomic E-state index is 12.3. The van der Waals surface area contributed by atoms with Gasteiger partial charge in [0.2, 0.25) is 0 Å². The molecule has 0 bridgehead atoms. The lowest BCUT2D eigenvalue weighted by Gasteiger charge is -2.59. The predicted octanol–water partition coefficient (Wildman–Crippen LogP) is 2.71. The van der Waals surface area contributed by atoms with E-state index in [1.807, 2.05) is 0 Å². The summed E-state index contributed by atoms with van der Waals surface area (Å²) in [6, 6.07) is 0. The molecule has 0 spiro atoms. The normalized spacial score (nSPS) is 48.2. The van der Waals surface area contributed by atoms with Gasteiger partial charge in [-0.15, -0.1) is 0 Å². The number of carbonyl (C=O) groups is 1. The molecule has 3 fully saturated rings. The van der Waals surface area contributed by atoms with E-state index in [-0.39, 0.29) is 23.7 Å². The van der Waals surface area contributed by atoms with Crippen molar-refractivity contribution >= 4 is 16.1 Å². The first-order chi connectivity index (χ1) is 13.0. The Morgan fingerprint density at radius 3 is 2.61 bits per heavy atom. The van der Waals surface area contributed by atoms with E-state index in [9.17, 15) is 18.3 Å². The van der Waals surface area contributed by atoms with Crippen molar-refractivity contribution in [2.45, 2.75) is 77.9 Å². The number of aliphatic hydroxyl groups is 1. The first kappa shape index (κ1) is 20.5. The van der Waals surface area contributed by atoms with Gasteiger partial charge in [0.05, 0.1) is 12.2 Å². The summed E-state index contributed by atoms with van der Waals surface area (Å²) < 4.78 is 28.9. The van der Waals surface area contributed by atoms with Crippen LogP contribution in [0.5, 0.6) is 0 Å². The van der Waals surface area contributed by atoms with Crippen molar-refractivity contribution in [1.82, 2.24) is 0 Å². The number of allylic oxidation sites excluding steroid dienone is 1. The van der Waals surface area contributed by atoms with Crippen molar-refractivity contribution in [1.29, 1.82) is 0 Å². The molecule has 7 heteroatoms. The van der Waals surface area contributed by atoms with E-state index in [1.165, 1.54) is 0 Å². The third kappa shape index (κ3) is 3.01. The molecule has 4 aliphatic carbocycles. The highest BCUT2D eigenvalue weighted by atomic mass is 32.2. The van der Waals surface area contributed by atoms with Gasteiger partial charge in [-0.05, 0) is 68.6 Å². The van der Waals surface area contributed by atoms with E-state index in [4.69, 9.17) is 9.32 Å². The van der Waals surface area contributed by atoms with Crippen LogP contribution in [0.4, 0.5) is 0 Å². The summed E-state index contributed by atoms with van der Waals surface area (Å²) >= 11 is 0. The Kier molecular flexibility index (Phi) is 4.85. The summed E-state index contributed by atoms with van der Waals surface area (Å²) in [4.78, 5) is 12.3. The number of hydrogen-bond acceptors (Lipinski definition) is 5. The molecule has 0 saturated heterocycles. The lowest BCUT2D eigenvalue weighted by molar-refractivity contribution is -0.129. The third-order valence-corrected chi connectivity index (χ3v) is 9.39. The quantitative estimate of drug-likeness (QED) is 0.695. The van der Waals surface area contributed by atoms with Gasteiger partial charge in [0, 0.05) is 17.8 Å². The zero-order valence-corrected chi connectivity index (χ0v) is 17.9. The number of fused-ring (bicyclic) bond motifs is 5. The smallest absolute Gasteiger partial charge is 0.333 e. The average molecular weight is 412 g/mol. The summed E-state index contributed by atoms with van der Waals surface area (Å²) in [6.07, 6.45) is 6.73. The molecule has 158 valence electrons. The number of aliphatic hydroxyl groups excluding tert-OH is 1. The third-order valence-electron chi connectivity index (χ3n) is 8.89. The molecular weight excluding hydrogens is 378 g/mol. The molecule has 0 aliphatic heterocycles. The molecule has 0 aromatic heterocycles. The van der Waals surface area contributed by atoms with Crippen LogP contribution >= 0.6 is 0 Å². The van der Waals surface area contributed by atoms with Gasteiger partial charge in [-0.1, -0.05) is 25.5 Å². The molecule has 3 N–H and O–H groups in total. The van der Waals surface area contributed by atoms with Gasteiger partial charge in [-0.3, -0.25) is 8.98 Å². The monoisotopic (exact) mass is 411 g/mol. The van der Waals surface area contributed by atoms with Gasteiger partial charge < -0.3 is 5.11 Å². The lowest BCUT2D eigenvalue weighted by atomic mass is 9.46. The Morgan fingerprint density at radius 2 is 1.96 bits per heavy atom. The van der Waals surface area contributed by atoms with Crippen molar-refractivity contribution in [3.05, 3.63) is 11.6 Å². The Balaban J connectivity index is 1.71. The molecule has 4 rings (SSSR count). The van der Waals surface area contributed by atoms with Crippen LogP contribution < -0.4 is 5.14 Å². The van der Waals surface area contributed by atoms with E-state index in [0.717, 1.165) is 37.7 Å². The fourth-order valence-electron chi connectivity index (χ4n) is 7.64. The first-order valence-electron chi connectivity index (χ1n) is 10.6. The zero-order valence-electron chi connectivity index (χ0n) is 17.1. The second kappa shape index (κ2) is 6.62. The van der Waals surface area contributed by atoms with Gasteiger partial charge in [-0.25, -0.2) is 5.14 Å². The van der Waals surface area contributed by atoms with Crippen LogP contribution in [-0.4, -0.2) is 31.5 Å². The maximum absolute atomic E-state index is 12.3. The Bertz CT molecular complexity index is 808. The molecule has 0 aromatic rings. The van der Waals surface area contributed by atoms with E-state index in [2.05, 4.69) is 19.9 Å². The minimum absolute atomic E-state index is 0.0409. The second-order valence-corrected chi connectivity index (χ2v) is 11.3.